The van der Waals surface area contributed by atoms with Gasteiger partial charge in [0.15, 0.2) is 0 Å². The number of carboxylic acid groups (broad SMARTS) is 1. The lowest BCUT2D eigenvalue weighted by atomic mass is 9.90. The number of nitrogens with zero attached hydrogens (tertiary/aromatic N) is 2. The standard InChI is InChI=1S/C8H16O2.C5H7N3O/c1-8(2,3)6-4-5-7(9)10;1-9-5-2-4(6)7-3-8-5/h4-6H2,1-3H3,(H,9,10);2-3H,1H3,(H2,6,7,8). The monoisotopic (exact) mass is 269 g/mol. The van der Waals surface area contributed by atoms with Crippen LogP contribution in [0.1, 0.15) is 40.0 Å². The summed E-state index contributed by atoms with van der Waals surface area (Å²) in [7, 11) is 1.53. The molecule has 0 aliphatic rings. The molecule has 6 nitrogen and oxygen atoms in total. The van der Waals surface area contributed by atoms with E-state index in [-0.39, 0.29) is 5.41 Å². The number of hydrogen-bond donors (Lipinski definition) is 2. The summed E-state index contributed by atoms with van der Waals surface area (Å²) in [5.41, 5.74) is 5.58. The molecule has 1 rings (SSSR count). The van der Waals surface area contributed by atoms with Gasteiger partial charge < -0.3 is 15.6 Å². The summed E-state index contributed by atoms with van der Waals surface area (Å²) < 4.78 is 4.76. The number of hydrogen-bond acceptors (Lipinski definition) is 5. The van der Waals surface area contributed by atoms with Gasteiger partial charge in [-0.05, 0) is 18.3 Å². The molecule has 0 bridgehead atoms. The first-order valence-corrected chi connectivity index (χ1v) is 6.08. The van der Waals surface area contributed by atoms with Crippen molar-refractivity contribution in [1.29, 1.82) is 0 Å². The van der Waals surface area contributed by atoms with Crippen LogP contribution in [0.25, 0.3) is 0 Å². The lowest BCUT2D eigenvalue weighted by molar-refractivity contribution is -0.137. The zero-order valence-corrected chi connectivity index (χ0v) is 12.0. The lowest BCUT2D eigenvalue weighted by Gasteiger charge is -2.16. The highest BCUT2D eigenvalue weighted by molar-refractivity contribution is 5.66. The molecule has 0 aromatic carbocycles. The Labute approximate surface area is 114 Å². The largest absolute Gasteiger partial charge is 0.481 e. The molecule has 108 valence electrons. The first-order valence-electron chi connectivity index (χ1n) is 6.08. The maximum atomic E-state index is 10.1. The quantitative estimate of drug-likeness (QED) is 0.870. The lowest BCUT2D eigenvalue weighted by Crippen LogP contribution is -2.05. The molecular formula is C13H23N3O3. The van der Waals surface area contributed by atoms with Gasteiger partial charge in [-0.15, -0.1) is 0 Å². The third kappa shape index (κ3) is 11.0. The third-order valence-corrected chi connectivity index (χ3v) is 2.19. The zero-order valence-electron chi connectivity index (χ0n) is 12.0. The summed E-state index contributed by atoms with van der Waals surface area (Å²) in [5, 5.41) is 8.31. The van der Waals surface area contributed by atoms with Gasteiger partial charge in [0.2, 0.25) is 5.88 Å². The number of carboxylic acids is 1. The third-order valence-electron chi connectivity index (χ3n) is 2.19. The van der Waals surface area contributed by atoms with E-state index in [0.29, 0.717) is 18.1 Å². The van der Waals surface area contributed by atoms with Gasteiger partial charge in [0.05, 0.1) is 7.11 Å². The molecule has 0 spiro atoms. The molecule has 19 heavy (non-hydrogen) atoms. The highest BCUT2D eigenvalue weighted by Gasteiger charge is 2.09. The number of ether oxygens (including phenoxy) is 1. The highest BCUT2D eigenvalue weighted by atomic mass is 16.5. The number of nitrogen functional groups attached to an aromatic ring is 1. The fourth-order valence-corrected chi connectivity index (χ4v) is 1.24. The molecule has 0 atom stereocenters. The van der Waals surface area contributed by atoms with Crippen LogP contribution in [-0.4, -0.2) is 28.2 Å². The van der Waals surface area contributed by atoms with Gasteiger partial charge in [-0.2, -0.15) is 0 Å². The molecule has 0 aliphatic carbocycles. The number of rotatable bonds is 4. The smallest absolute Gasteiger partial charge is 0.303 e. The summed E-state index contributed by atoms with van der Waals surface area (Å²) in [6.07, 6.45) is 3.43. The Morgan fingerprint density at radius 1 is 1.42 bits per heavy atom. The summed E-state index contributed by atoms with van der Waals surface area (Å²) in [4.78, 5) is 17.5. The van der Waals surface area contributed by atoms with E-state index in [1.807, 2.05) is 0 Å². The highest BCUT2D eigenvalue weighted by Crippen LogP contribution is 2.21. The van der Waals surface area contributed by atoms with Crippen LogP contribution in [0, 0.1) is 5.41 Å². The van der Waals surface area contributed by atoms with Crippen LogP contribution in [-0.2, 0) is 4.79 Å². The van der Waals surface area contributed by atoms with Crippen molar-refractivity contribution >= 4 is 11.8 Å². The number of aliphatic carboxylic acids is 1. The Kier molecular flexibility index (Phi) is 7.48. The van der Waals surface area contributed by atoms with E-state index >= 15 is 0 Å². The summed E-state index contributed by atoms with van der Waals surface area (Å²) >= 11 is 0. The van der Waals surface area contributed by atoms with E-state index in [2.05, 4.69) is 30.7 Å². The molecule has 0 unspecified atom stereocenters. The molecule has 1 heterocycles. The first-order chi connectivity index (χ1) is 8.74. The molecule has 3 N–H and O–H groups in total. The van der Waals surface area contributed by atoms with Crippen LogP contribution in [0.3, 0.4) is 0 Å². The second-order valence-corrected chi connectivity index (χ2v) is 5.29. The Morgan fingerprint density at radius 3 is 2.42 bits per heavy atom. The van der Waals surface area contributed by atoms with Gasteiger partial charge in [-0.3, -0.25) is 4.79 Å². The van der Waals surface area contributed by atoms with E-state index in [4.69, 9.17) is 15.6 Å². The second kappa shape index (κ2) is 8.29. The number of methoxy groups -OCH3 is 1. The van der Waals surface area contributed by atoms with Crippen LogP contribution in [0.4, 0.5) is 5.82 Å². The van der Waals surface area contributed by atoms with Crippen LogP contribution < -0.4 is 10.5 Å². The number of carbonyl (C=O) groups is 1. The molecule has 0 aliphatic heterocycles. The van der Waals surface area contributed by atoms with E-state index in [9.17, 15) is 4.79 Å². The van der Waals surface area contributed by atoms with Crippen molar-refractivity contribution < 1.29 is 14.6 Å². The van der Waals surface area contributed by atoms with E-state index in [1.54, 1.807) is 6.07 Å². The molecule has 6 heteroatoms. The van der Waals surface area contributed by atoms with E-state index in [0.717, 1.165) is 12.8 Å². The normalized spacial score (nSPS) is 10.3. The Bertz CT molecular complexity index is 389. The SMILES string of the molecule is CC(C)(C)CCCC(=O)O.COc1cc(N)ncn1. The number of aromatic nitrogens is 2. The molecule has 0 radical (unpaired) electrons. The van der Waals surface area contributed by atoms with Crippen molar-refractivity contribution in [1.82, 2.24) is 9.97 Å². The van der Waals surface area contributed by atoms with Gasteiger partial charge in [0.1, 0.15) is 12.1 Å². The Morgan fingerprint density at radius 2 is 2.05 bits per heavy atom. The maximum absolute atomic E-state index is 10.1. The molecule has 1 aromatic rings. The average Bonchev–Trinajstić information content (AvgIpc) is 2.27. The van der Waals surface area contributed by atoms with Crippen molar-refractivity contribution in [2.75, 3.05) is 12.8 Å². The van der Waals surface area contributed by atoms with Crippen molar-refractivity contribution in [3.8, 4) is 5.88 Å². The van der Waals surface area contributed by atoms with Crippen LogP contribution in [0.15, 0.2) is 12.4 Å². The predicted octanol–water partition coefficient (Wildman–Crippen LogP) is 2.35. The van der Waals surface area contributed by atoms with Crippen LogP contribution in [0.5, 0.6) is 5.88 Å². The maximum Gasteiger partial charge on any atom is 0.303 e. The minimum Gasteiger partial charge on any atom is -0.481 e. The molecule has 0 amide bonds. The van der Waals surface area contributed by atoms with Gasteiger partial charge in [0, 0.05) is 12.5 Å². The van der Waals surface area contributed by atoms with Gasteiger partial charge >= 0.3 is 5.97 Å². The first kappa shape index (κ1) is 17.2. The number of anilines is 1. The van der Waals surface area contributed by atoms with E-state index in [1.165, 1.54) is 13.4 Å². The van der Waals surface area contributed by atoms with Crippen LogP contribution >= 0.6 is 0 Å². The molecule has 0 saturated heterocycles. The van der Waals surface area contributed by atoms with Crippen molar-refractivity contribution in [3.05, 3.63) is 12.4 Å². The second-order valence-electron chi connectivity index (χ2n) is 5.29. The molecular weight excluding hydrogens is 246 g/mol. The van der Waals surface area contributed by atoms with Crippen LogP contribution in [0.2, 0.25) is 0 Å². The number of nitrogens with two attached hydrogens (primary N) is 1. The topological polar surface area (TPSA) is 98.3 Å². The molecule has 1 aromatic heterocycles. The predicted molar refractivity (Wildman–Crippen MR) is 73.9 cm³/mol. The van der Waals surface area contributed by atoms with Gasteiger partial charge in [0.25, 0.3) is 0 Å². The Balaban J connectivity index is 0.000000342. The minimum atomic E-state index is -0.691. The summed E-state index contributed by atoms with van der Waals surface area (Å²) in [6, 6.07) is 1.56. The van der Waals surface area contributed by atoms with Crippen molar-refractivity contribution in [2.24, 2.45) is 5.41 Å². The van der Waals surface area contributed by atoms with Gasteiger partial charge in [-0.25, -0.2) is 9.97 Å². The van der Waals surface area contributed by atoms with Crippen molar-refractivity contribution in [3.63, 3.8) is 0 Å². The Hall–Kier alpha value is -1.85. The molecule has 0 saturated carbocycles. The van der Waals surface area contributed by atoms with Gasteiger partial charge in [-0.1, -0.05) is 20.8 Å². The van der Waals surface area contributed by atoms with E-state index < -0.39 is 5.97 Å². The fourth-order valence-electron chi connectivity index (χ4n) is 1.24. The summed E-state index contributed by atoms with van der Waals surface area (Å²) in [5.74, 6) is 0.216. The minimum absolute atomic E-state index is 0.273. The molecule has 0 fully saturated rings. The fraction of sp³-hybridized carbons (Fsp3) is 0.615. The average molecular weight is 269 g/mol. The summed E-state index contributed by atoms with van der Waals surface area (Å²) in [6.45, 7) is 6.36. The zero-order chi connectivity index (χ0) is 14.9. The van der Waals surface area contributed by atoms with Crippen molar-refractivity contribution in [2.45, 2.75) is 40.0 Å².